The second-order valence-electron chi connectivity index (χ2n) is 7.52. The maximum absolute atomic E-state index is 5.93. The van der Waals surface area contributed by atoms with Crippen molar-refractivity contribution in [2.24, 2.45) is 5.92 Å². The third kappa shape index (κ3) is 3.49. The van der Waals surface area contributed by atoms with Crippen LogP contribution in [-0.2, 0) is 6.42 Å². The Morgan fingerprint density at radius 2 is 1.93 bits per heavy atom. The first kappa shape index (κ1) is 16.6. The number of anilines is 1. The lowest BCUT2D eigenvalue weighted by atomic mass is 9.96. The van der Waals surface area contributed by atoms with Gasteiger partial charge in [-0.15, -0.1) is 5.10 Å². The summed E-state index contributed by atoms with van der Waals surface area (Å²) in [6.45, 7) is 6.20. The monoisotopic (exact) mass is 363 g/mol. The fourth-order valence-electron chi connectivity index (χ4n) is 4.22. The van der Waals surface area contributed by atoms with Gasteiger partial charge in [0.2, 0.25) is 0 Å². The van der Waals surface area contributed by atoms with Gasteiger partial charge in [0, 0.05) is 45.1 Å². The van der Waals surface area contributed by atoms with Gasteiger partial charge in [-0.25, -0.2) is 9.50 Å². The molecule has 0 spiro atoms. The Morgan fingerprint density at radius 3 is 2.85 bits per heavy atom. The quantitative estimate of drug-likeness (QED) is 0.715. The van der Waals surface area contributed by atoms with Gasteiger partial charge >= 0.3 is 0 Å². The molecule has 0 amide bonds. The number of ether oxygens (including phenoxy) is 1. The topological polar surface area (TPSA) is 45.9 Å². The molecule has 0 radical (unpaired) electrons. The van der Waals surface area contributed by atoms with E-state index in [0.29, 0.717) is 5.92 Å². The SMILES string of the molecule is c1ccc2c(c1)C[C@H](CN1CCN(c3ccc4nccn4n3)CC1)CCO2. The van der Waals surface area contributed by atoms with E-state index in [0.717, 1.165) is 69.4 Å². The van der Waals surface area contributed by atoms with E-state index in [9.17, 15) is 0 Å². The van der Waals surface area contributed by atoms with Crippen LogP contribution in [0, 0.1) is 5.92 Å². The van der Waals surface area contributed by atoms with E-state index in [-0.39, 0.29) is 0 Å². The highest BCUT2D eigenvalue weighted by atomic mass is 16.5. The van der Waals surface area contributed by atoms with Crippen LogP contribution in [0.15, 0.2) is 48.8 Å². The first-order valence-corrected chi connectivity index (χ1v) is 9.83. The summed E-state index contributed by atoms with van der Waals surface area (Å²) in [6.07, 6.45) is 5.95. The van der Waals surface area contributed by atoms with Crippen LogP contribution < -0.4 is 9.64 Å². The molecule has 0 unspecified atom stereocenters. The maximum atomic E-state index is 5.93. The molecule has 5 rings (SSSR count). The van der Waals surface area contributed by atoms with E-state index in [1.165, 1.54) is 5.56 Å². The second-order valence-corrected chi connectivity index (χ2v) is 7.52. The van der Waals surface area contributed by atoms with Crippen molar-refractivity contribution in [1.29, 1.82) is 0 Å². The average Bonchev–Trinajstić information content (AvgIpc) is 3.08. The molecule has 27 heavy (non-hydrogen) atoms. The predicted molar refractivity (Wildman–Crippen MR) is 105 cm³/mol. The molecule has 3 aromatic rings. The third-order valence-electron chi connectivity index (χ3n) is 5.72. The van der Waals surface area contributed by atoms with Gasteiger partial charge in [-0.3, -0.25) is 4.90 Å². The van der Waals surface area contributed by atoms with Crippen LogP contribution >= 0.6 is 0 Å². The highest BCUT2D eigenvalue weighted by molar-refractivity contribution is 5.46. The predicted octanol–water partition coefficient (Wildman–Crippen LogP) is 2.49. The number of hydrogen-bond acceptors (Lipinski definition) is 5. The number of imidazole rings is 1. The van der Waals surface area contributed by atoms with Gasteiger partial charge in [-0.05, 0) is 42.5 Å². The molecule has 1 saturated heterocycles. The van der Waals surface area contributed by atoms with Crippen LogP contribution in [0.2, 0.25) is 0 Å². The number of aromatic nitrogens is 3. The normalized spacial score (nSPS) is 20.9. The minimum absolute atomic E-state index is 0.667. The van der Waals surface area contributed by atoms with E-state index < -0.39 is 0 Å². The summed E-state index contributed by atoms with van der Waals surface area (Å²) in [6, 6.07) is 12.6. The van der Waals surface area contributed by atoms with E-state index in [2.05, 4.69) is 50.2 Å². The molecule has 1 aromatic carbocycles. The number of rotatable bonds is 3. The summed E-state index contributed by atoms with van der Waals surface area (Å²) >= 11 is 0. The summed E-state index contributed by atoms with van der Waals surface area (Å²) in [5.74, 6) is 2.78. The highest BCUT2D eigenvalue weighted by Crippen LogP contribution is 2.27. The molecule has 0 N–H and O–H groups in total. The summed E-state index contributed by atoms with van der Waals surface area (Å²) < 4.78 is 7.78. The van der Waals surface area contributed by atoms with Crippen molar-refractivity contribution >= 4 is 11.5 Å². The number of piperazine rings is 1. The first-order valence-electron chi connectivity index (χ1n) is 9.83. The van der Waals surface area contributed by atoms with Gasteiger partial charge < -0.3 is 9.64 Å². The minimum atomic E-state index is 0.667. The van der Waals surface area contributed by atoms with Gasteiger partial charge in [0.1, 0.15) is 11.6 Å². The van der Waals surface area contributed by atoms with Gasteiger partial charge in [-0.1, -0.05) is 18.2 Å². The molecular formula is C21H25N5O. The largest absolute Gasteiger partial charge is 0.493 e. The maximum Gasteiger partial charge on any atom is 0.153 e. The number of hydrogen-bond donors (Lipinski definition) is 0. The standard InChI is InChI=1S/C21H25N5O/c1-2-4-19-18(3-1)15-17(7-14-27-19)16-24-10-12-25(13-11-24)21-6-5-20-22-8-9-26(20)23-21/h1-6,8-9,17H,7,10-16H2/t17-/m1/s1. The molecule has 0 saturated carbocycles. The lowest BCUT2D eigenvalue weighted by molar-refractivity contribution is 0.200. The van der Waals surface area contributed by atoms with Crippen LogP contribution in [0.4, 0.5) is 5.82 Å². The Kier molecular flexibility index (Phi) is 4.41. The Hall–Kier alpha value is -2.60. The van der Waals surface area contributed by atoms with Crippen LogP contribution in [0.25, 0.3) is 5.65 Å². The molecule has 6 nitrogen and oxygen atoms in total. The molecule has 6 heteroatoms. The third-order valence-corrected chi connectivity index (χ3v) is 5.72. The fraction of sp³-hybridized carbons (Fsp3) is 0.429. The van der Waals surface area contributed by atoms with E-state index in [4.69, 9.17) is 4.74 Å². The van der Waals surface area contributed by atoms with Crippen LogP contribution in [-0.4, -0.2) is 58.8 Å². The molecule has 140 valence electrons. The molecular weight excluding hydrogens is 338 g/mol. The van der Waals surface area contributed by atoms with Crippen molar-refractivity contribution in [3.8, 4) is 5.75 Å². The van der Waals surface area contributed by atoms with Crippen LogP contribution in [0.1, 0.15) is 12.0 Å². The molecule has 1 fully saturated rings. The van der Waals surface area contributed by atoms with E-state index >= 15 is 0 Å². The summed E-state index contributed by atoms with van der Waals surface area (Å²) in [4.78, 5) is 9.25. The van der Waals surface area contributed by atoms with E-state index in [1.54, 1.807) is 6.20 Å². The second kappa shape index (κ2) is 7.19. The van der Waals surface area contributed by atoms with Gasteiger partial charge in [0.05, 0.1) is 6.61 Å². The van der Waals surface area contributed by atoms with Gasteiger partial charge in [-0.2, -0.15) is 0 Å². The van der Waals surface area contributed by atoms with Gasteiger partial charge in [0.15, 0.2) is 5.65 Å². The van der Waals surface area contributed by atoms with Crippen molar-refractivity contribution in [2.75, 3.05) is 44.2 Å². The molecule has 2 aliphatic rings. The molecule has 0 bridgehead atoms. The van der Waals surface area contributed by atoms with Crippen molar-refractivity contribution in [3.63, 3.8) is 0 Å². The molecule has 1 atom stereocenters. The number of benzene rings is 1. The summed E-state index contributed by atoms with van der Waals surface area (Å²) in [7, 11) is 0. The summed E-state index contributed by atoms with van der Waals surface area (Å²) in [5, 5.41) is 4.68. The molecule has 2 aliphatic heterocycles. The Balaban J connectivity index is 1.19. The molecule has 4 heterocycles. The lowest BCUT2D eigenvalue weighted by Crippen LogP contribution is -2.48. The Bertz CT molecular complexity index is 916. The Labute approximate surface area is 159 Å². The fourth-order valence-corrected chi connectivity index (χ4v) is 4.22. The summed E-state index contributed by atoms with van der Waals surface area (Å²) in [5.41, 5.74) is 2.25. The van der Waals surface area contributed by atoms with Gasteiger partial charge in [0.25, 0.3) is 0 Å². The van der Waals surface area contributed by atoms with Crippen molar-refractivity contribution < 1.29 is 4.74 Å². The number of nitrogens with zero attached hydrogens (tertiary/aromatic N) is 5. The highest BCUT2D eigenvalue weighted by Gasteiger charge is 2.23. The molecule has 0 aliphatic carbocycles. The van der Waals surface area contributed by atoms with Crippen LogP contribution in [0.3, 0.4) is 0 Å². The average molecular weight is 363 g/mol. The van der Waals surface area contributed by atoms with Crippen LogP contribution in [0.5, 0.6) is 5.75 Å². The minimum Gasteiger partial charge on any atom is -0.493 e. The zero-order valence-corrected chi connectivity index (χ0v) is 15.5. The van der Waals surface area contributed by atoms with Crippen molar-refractivity contribution in [3.05, 3.63) is 54.4 Å². The first-order chi connectivity index (χ1) is 13.3. The zero-order valence-electron chi connectivity index (χ0n) is 15.5. The smallest absolute Gasteiger partial charge is 0.153 e. The van der Waals surface area contributed by atoms with Crippen molar-refractivity contribution in [1.82, 2.24) is 19.5 Å². The van der Waals surface area contributed by atoms with E-state index in [1.807, 2.05) is 16.8 Å². The van der Waals surface area contributed by atoms with Crippen molar-refractivity contribution in [2.45, 2.75) is 12.8 Å². The lowest BCUT2D eigenvalue weighted by Gasteiger charge is -2.36. The molecule has 2 aromatic heterocycles. The Morgan fingerprint density at radius 1 is 1.04 bits per heavy atom. The zero-order chi connectivity index (χ0) is 18.1. The number of fused-ring (bicyclic) bond motifs is 2. The number of para-hydroxylation sites is 1.